The fourth-order valence-electron chi connectivity index (χ4n) is 2.57. The van der Waals surface area contributed by atoms with Gasteiger partial charge in [0.15, 0.2) is 0 Å². The highest BCUT2D eigenvalue weighted by Crippen LogP contribution is 2.35. The van der Waals surface area contributed by atoms with Crippen molar-refractivity contribution < 1.29 is 13.0 Å². The van der Waals surface area contributed by atoms with Crippen LogP contribution in [-0.2, 0) is 13.0 Å². The molecule has 0 aromatic rings. The molecule has 24 heavy (non-hydrogen) atoms. The Morgan fingerprint density at radius 1 is 0.750 bits per heavy atom. The van der Waals surface area contributed by atoms with Crippen molar-refractivity contribution in [2.75, 3.05) is 0 Å². The number of hydrogen-bond donors (Lipinski definition) is 1. The van der Waals surface area contributed by atoms with E-state index in [1.54, 1.807) is 0 Å². The molecule has 0 rings (SSSR count). The van der Waals surface area contributed by atoms with Gasteiger partial charge in [-0.2, -0.15) is 0 Å². The Morgan fingerprint density at radius 3 is 1.50 bits per heavy atom. The van der Waals surface area contributed by atoms with Crippen molar-refractivity contribution in [2.45, 2.75) is 112 Å². The summed E-state index contributed by atoms with van der Waals surface area (Å²) in [5.74, 6) is 0. The van der Waals surface area contributed by atoms with E-state index in [4.69, 9.17) is 18.4 Å². The van der Waals surface area contributed by atoms with Crippen LogP contribution in [0.2, 0.25) is 18.1 Å². The molecule has 0 aromatic heterocycles. The summed E-state index contributed by atoms with van der Waals surface area (Å²) in [5, 5.41) is 6.65. The highest BCUT2D eigenvalue weighted by Gasteiger charge is 2.49. The molecular formula is C18H43NO3Si2. The molecule has 0 aliphatic heterocycles. The summed E-state index contributed by atoms with van der Waals surface area (Å²) in [6, 6.07) is 2.56. The van der Waals surface area contributed by atoms with E-state index in [9.17, 15) is 0 Å². The van der Waals surface area contributed by atoms with E-state index >= 15 is 0 Å². The molecule has 0 aliphatic rings. The Bertz CT molecular complexity index is 385. The van der Waals surface area contributed by atoms with Crippen molar-refractivity contribution in [3.05, 3.63) is 0 Å². The maximum absolute atomic E-state index is 6.68. The van der Waals surface area contributed by atoms with Crippen LogP contribution in [0.4, 0.5) is 0 Å². The molecule has 0 spiro atoms. The summed E-state index contributed by atoms with van der Waals surface area (Å²) in [6.07, 6.45) is 1.06. The topological polar surface area (TPSA) is 53.7 Å². The van der Waals surface area contributed by atoms with E-state index in [1.807, 2.05) is 20.8 Å². The monoisotopic (exact) mass is 377 g/mol. The molecule has 0 aliphatic carbocycles. The van der Waals surface area contributed by atoms with Gasteiger partial charge in [0, 0.05) is 6.04 Å². The Kier molecular flexibility index (Phi) is 8.41. The lowest BCUT2D eigenvalue weighted by atomic mass is 9.94. The second-order valence-electron chi connectivity index (χ2n) is 10.0. The lowest BCUT2D eigenvalue weighted by molar-refractivity contribution is 0.0517. The van der Waals surface area contributed by atoms with Gasteiger partial charge in [0.2, 0.25) is 0 Å². The molecule has 0 bridgehead atoms. The predicted octanol–water partition coefficient (Wildman–Crippen LogP) is 5.45. The Labute approximate surface area is 153 Å². The number of hydrogen-bond acceptors (Lipinski definition) is 4. The van der Waals surface area contributed by atoms with Crippen molar-refractivity contribution >= 4 is 17.3 Å². The molecule has 0 saturated heterocycles. The smallest absolute Gasteiger partial charge is 0.402 e. The molecule has 0 fully saturated rings. The van der Waals surface area contributed by atoms with Gasteiger partial charge in [-0.1, -0.05) is 34.6 Å². The third-order valence-corrected chi connectivity index (χ3v) is 11.5. The molecule has 0 saturated carbocycles. The van der Waals surface area contributed by atoms with Gasteiger partial charge >= 0.3 is 17.3 Å². The van der Waals surface area contributed by atoms with Crippen LogP contribution < -0.4 is 5.40 Å². The number of rotatable bonds is 8. The maximum Gasteiger partial charge on any atom is 0.413 e. The summed E-state index contributed by atoms with van der Waals surface area (Å²) in [6.45, 7) is 23.4. The van der Waals surface area contributed by atoms with Crippen molar-refractivity contribution in [3.63, 3.8) is 0 Å². The third-order valence-electron chi connectivity index (χ3n) is 3.62. The van der Waals surface area contributed by atoms with Crippen LogP contribution in [0.3, 0.4) is 0 Å². The largest absolute Gasteiger partial charge is 0.413 e. The van der Waals surface area contributed by atoms with Crippen LogP contribution in [0, 0.1) is 5.41 Å². The molecule has 0 aromatic carbocycles. The Balaban J connectivity index is 5.56. The van der Waals surface area contributed by atoms with Gasteiger partial charge in [-0.15, -0.1) is 0 Å². The molecular weight excluding hydrogens is 334 g/mol. The van der Waals surface area contributed by atoms with Crippen LogP contribution in [0.25, 0.3) is 0 Å². The summed E-state index contributed by atoms with van der Waals surface area (Å²) in [4.78, 5) is 0. The quantitative estimate of drug-likeness (QED) is 0.571. The van der Waals surface area contributed by atoms with Gasteiger partial charge in [-0.3, -0.25) is 0 Å². The minimum atomic E-state index is -2.77. The zero-order valence-corrected chi connectivity index (χ0v) is 20.1. The normalized spacial score (nSPS) is 19.0. The second-order valence-corrected chi connectivity index (χ2v) is 16.6. The molecule has 0 heterocycles. The molecule has 0 amide bonds. The zero-order chi connectivity index (χ0) is 19.4. The van der Waals surface area contributed by atoms with Crippen LogP contribution in [0.5, 0.6) is 0 Å². The van der Waals surface area contributed by atoms with E-state index in [-0.39, 0.29) is 16.6 Å². The minimum absolute atomic E-state index is 0.244. The van der Waals surface area contributed by atoms with Crippen molar-refractivity contribution in [2.24, 2.45) is 10.8 Å². The van der Waals surface area contributed by atoms with E-state index < -0.39 is 17.3 Å². The zero-order valence-electron chi connectivity index (χ0n) is 18.1. The summed E-state index contributed by atoms with van der Waals surface area (Å²) < 4.78 is 19.5. The lowest BCUT2D eigenvalue weighted by Gasteiger charge is -2.44. The molecule has 2 N–H and O–H groups in total. The summed E-state index contributed by atoms with van der Waals surface area (Å²) in [7, 11) is -5.23. The predicted molar refractivity (Wildman–Crippen MR) is 108 cm³/mol. The third kappa shape index (κ3) is 10.3. The van der Waals surface area contributed by atoms with Gasteiger partial charge in [0.1, 0.15) is 0 Å². The Hall–Kier alpha value is 0.274. The van der Waals surface area contributed by atoms with Gasteiger partial charge in [-0.05, 0) is 65.5 Å². The van der Waals surface area contributed by atoms with Crippen molar-refractivity contribution in [1.29, 1.82) is 0 Å². The standard InChI is InChI=1S/C18H43NO3Si2/c1-12-23(20-17(6,7)8,15-14-16(3,4)5)22-24(19,13-2)21-18(9,10)11/h12-15,19H2,1-11H3. The second kappa shape index (κ2) is 8.31. The lowest BCUT2D eigenvalue weighted by Crippen LogP contribution is -2.64. The molecule has 4 nitrogen and oxygen atoms in total. The van der Waals surface area contributed by atoms with E-state index in [0.717, 1.165) is 24.6 Å². The Morgan fingerprint density at radius 2 is 1.21 bits per heavy atom. The molecule has 146 valence electrons. The van der Waals surface area contributed by atoms with Gasteiger partial charge < -0.3 is 18.4 Å². The van der Waals surface area contributed by atoms with Crippen LogP contribution in [-0.4, -0.2) is 28.5 Å². The highest BCUT2D eigenvalue weighted by atomic mass is 28.5. The van der Waals surface area contributed by atoms with Gasteiger partial charge in [0.25, 0.3) is 0 Å². The SMILES string of the molecule is CC[Si](N)(OC(C)(C)C)O[Si](CC)(CCC(C)(C)C)OC(C)(C)C. The van der Waals surface area contributed by atoms with E-state index in [0.29, 0.717) is 0 Å². The molecule has 0 radical (unpaired) electrons. The highest BCUT2D eigenvalue weighted by molar-refractivity contribution is 6.79. The maximum atomic E-state index is 6.68. The van der Waals surface area contributed by atoms with Crippen molar-refractivity contribution in [3.8, 4) is 0 Å². The van der Waals surface area contributed by atoms with Crippen LogP contribution in [0.15, 0.2) is 0 Å². The average molecular weight is 378 g/mol. The first-order valence-corrected chi connectivity index (χ1v) is 13.7. The molecule has 2 unspecified atom stereocenters. The number of nitrogens with two attached hydrogens (primary N) is 1. The average Bonchev–Trinajstić information content (AvgIpc) is 2.31. The van der Waals surface area contributed by atoms with E-state index in [2.05, 4.69) is 55.4 Å². The fourth-order valence-corrected chi connectivity index (χ4v) is 11.0. The molecule has 2 atom stereocenters. The van der Waals surface area contributed by atoms with E-state index in [1.165, 1.54) is 0 Å². The van der Waals surface area contributed by atoms with Gasteiger partial charge in [-0.25, -0.2) is 0 Å². The molecule has 6 heteroatoms. The first-order chi connectivity index (χ1) is 10.4. The van der Waals surface area contributed by atoms with Crippen LogP contribution in [0.1, 0.15) is 82.6 Å². The first-order valence-electron chi connectivity index (χ1n) is 9.34. The fraction of sp³-hybridized carbons (Fsp3) is 1.00. The minimum Gasteiger partial charge on any atom is -0.402 e. The summed E-state index contributed by atoms with van der Waals surface area (Å²) >= 11 is 0. The van der Waals surface area contributed by atoms with Gasteiger partial charge in [0.05, 0.1) is 11.2 Å². The van der Waals surface area contributed by atoms with Crippen molar-refractivity contribution in [1.82, 2.24) is 0 Å². The first kappa shape index (κ1) is 24.3. The summed E-state index contributed by atoms with van der Waals surface area (Å²) in [5.41, 5.74) is -0.310. The van der Waals surface area contributed by atoms with Crippen LogP contribution >= 0.6 is 0 Å².